The van der Waals surface area contributed by atoms with Crippen LogP contribution < -0.4 is 5.73 Å². The number of rotatable bonds is 6. The molecular formula is C9H20N2O2S2. The van der Waals surface area contributed by atoms with E-state index < -0.39 is 10.0 Å². The number of unbranched alkanes of at least 4 members (excludes halogenated alkanes) is 1. The Morgan fingerprint density at radius 3 is 2.73 bits per heavy atom. The van der Waals surface area contributed by atoms with Gasteiger partial charge in [0, 0.05) is 18.8 Å². The van der Waals surface area contributed by atoms with Gasteiger partial charge in [-0.3, -0.25) is 0 Å². The normalized spacial score (nSPS) is 22.5. The molecule has 1 aliphatic rings. The van der Waals surface area contributed by atoms with Crippen LogP contribution in [-0.2, 0) is 10.0 Å². The summed E-state index contributed by atoms with van der Waals surface area (Å²) in [5.41, 5.74) is 5.34. The van der Waals surface area contributed by atoms with Crippen molar-refractivity contribution in [3.63, 3.8) is 0 Å². The molecule has 2 N–H and O–H groups in total. The summed E-state index contributed by atoms with van der Waals surface area (Å²) in [5.74, 6) is 2.25. The Morgan fingerprint density at radius 2 is 2.20 bits per heavy atom. The number of nitrogens with two attached hydrogens (primary N) is 1. The van der Waals surface area contributed by atoms with Gasteiger partial charge >= 0.3 is 0 Å². The smallest absolute Gasteiger partial charge is 0.214 e. The Bertz CT molecular complexity index is 274. The van der Waals surface area contributed by atoms with E-state index in [2.05, 4.69) is 0 Å². The second kappa shape index (κ2) is 6.08. The zero-order chi connectivity index (χ0) is 11.3. The monoisotopic (exact) mass is 252 g/mol. The zero-order valence-corrected chi connectivity index (χ0v) is 10.8. The molecule has 0 aromatic carbocycles. The van der Waals surface area contributed by atoms with E-state index in [1.807, 2.05) is 11.8 Å². The highest BCUT2D eigenvalue weighted by molar-refractivity contribution is 7.99. The predicted molar refractivity (Wildman–Crippen MR) is 65.6 cm³/mol. The van der Waals surface area contributed by atoms with E-state index in [-0.39, 0.29) is 11.8 Å². The SMILES string of the molecule is CN(C1CCSC1)S(=O)(=O)CCCCN. The van der Waals surface area contributed by atoms with Crippen LogP contribution >= 0.6 is 11.8 Å². The van der Waals surface area contributed by atoms with Crippen LogP contribution in [0.5, 0.6) is 0 Å². The van der Waals surface area contributed by atoms with Crippen molar-refractivity contribution in [3.05, 3.63) is 0 Å². The second-order valence-electron chi connectivity index (χ2n) is 3.85. The first kappa shape index (κ1) is 13.3. The van der Waals surface area contributed by atoms with Crippen LogP contribution in [0.1, 0.15) is 19.3 Å². The van der Waals surface area contributed by atoms with Crippen molar-refractivity contribution in [1.82, 2.24) is 4.31 Å². The number of thioether (sulfide) groups is 1. The Labute approximate surface area is 96.6 Å². The molecule has 1 heterocycles. The lowest BCUT2D eigenvalue weighted by molar-refractivity contribution is 0.394. The lowest BCUT2D eigenvalue weighted by Gasteiger charge is -2.22. The van der Waals surface area contributed by atoms with Gasteiger partial charge in [-0.25, -0.2) is 12.7 Å². The molecule has 0 amide bonds. The average Bonchev–Trinajstić information content (AvgIpc) is 2.69. The standard InChI is InChI=1S/C9H20N2O2S2/c1-11(9-4-6-14-8-9)15(12,13)7-3-2-5-10/h9H,2-8,10H2,1H3. The molecule has 1 unspecified atom stereocenters. The van der Waals surface area contributed by atoms with Crippen LogP contribution in [0.2, 0.25) is 0 Å². The molecule has 0 bridgehead atoms. The lowest BCUT2D eigenvalue weighted by Crippen LogP contribution is -2.38. The largest absolute Gasteiger partial charge is 0.330 e. The van der Waals surface area contributed by atoms with E-state index in [1.165, 1.54) is 0 Å². The van der Waals surface area contributed by atoms with E-state index in [0.717, 1.165) is 24.3 Å². The van der Waals surface area contributed by atoms with Crippen LogP contribution in [0.3, 0.4) is 0 Å². The number of hydrogen-bond acceptors (Lipinski definition) is 4. The molecule has 1 saturated heterocycles. The van der Waals surface area contributed by atoms with Crippen molar-refractivity contribution < 1.29 is 8.42 Å². The molecule has 1 fully saturated rings. The van der Waals surface area contributed by atoms with Gasteiger partial charge in [0.25, 0.3) is 0 Å². The Balaban J connectivity index is 2.44. The molecule has 0 aromatic heterocycles. The van der Waals surface area contributed by atoms with Crippen LogP contribution in [0, 0.1) is 0 Å². The molecule has 0 aromatic rings. The first-order valence-corrected chi connectivity index (χ1v) is 8.08. The van der Waals surface area contributed by atoms with Gasteiger partial charge in [-0.2, -0.15) is 11.8 Å². The highest BCUT2D eigenvalue weighted by Gasteiger charge is 2.28. The molecule has 4 nitrogen and oxygen atoms in total. The van der Waals surface area contributed by atoms with Crippen molar-refractivity contribution in [2.24, 2.45) is 5.73 Å². The van der Waals surface area contributed by atoms with Crippen molar-refractivity contribution in [3.8, 4) is 0 Å². The van der Waals surface area contributed by atoms with Crippen molar-refractivity contribution in [2.75, 3.05) is 30.9 Å². The van der Waals surface area contributed by atoms with Crippen molar-refractivity contribution in [1.29, 1.82) is 0 Å². The van der Waals surface area contributed by atoms with Crippen molar-refractivity contribution >= 4 is 21.8 Å². The minimum Gasteiger partial charge on any atom is -0.330 e. The summed E-state index contributed by atoms with van der Waals surface area (Å²) in [4.78, 5) is 0. The number of hydrogen-bond donors (Lipinski definition) is 1. The van der Waals surface area contributed by atoms with Gasteiger partial charge < -0.3 is 5.73 Å². The lowest BCUT2D eigenvalue weighted by atomic mass is 10.3. The average molecular weight is 252 g/mol. The summed E-state index contributed by atoms with van der Waals surface area (Å²) in [6.45, 7) is 0.568. The molecular weight excluding hydrogens is 232 g/mol. The van der Waals surface area contributed by atoms with Crippen LogP contribution in [-0.4, -0.2) is 49.6 Å². The topological polar surface area (TPSA) is 63.4 Å². The number of nitrogens with zero attached hydrogens (tertiary/aromatic N) is 1. The van der Waals surface area contributed by atoms with Gasteiger partial charge in [0.05, 0.1) is 5.75 Å². The minimum absolute atomic E-state index is 0.206. The molecule has 1 aliphatic heterocycles. The molecule has 1 atom stereocenters. The van der Waals surface area contributed by atoms with Crippen LogP contribution in [0.4, 0.5) is 0 Å². The maximum Gasteiger partial charge on any atom is 0.214 e. The first-order chi connectivity index (χ1) is 7.08. The van der Waals surface area contributed by atoms with E-state index in [9.17, 15) is 8.42 Å². The summed E-state index contributed by atoms with van der Waals surface area (Å²) in [6.07, 6.45) is 2.44. The molecule has 1 rings (SSSR count). The quantitative estimate of drug-likeness (QED) is 0.699. The van der Waals surface area contributed by atoms with Crippen LogP contribution in [0.15, 0.2) is 0 Å². The van der Waals surface area contributed by atoms with Gasteiger partial charge in [-0.1, -0.05) is 0 Å². The molecule has 0 aliphatic carbocycles. The fourth-order valence-electron chi connectivity index (χ4n) is 1.61. The third-order valence-corrected chi connectivity index (χ3v) is 5.84. The van der Waals surface area contributed by atoms with Gasteiger partial charge in [0.15, 0.2) is 0 Å². The van der Waals surface area contributed by atoms with Gasteiger partial charge in [-0.15, -0.1) is 0 Å². The van der Waals surface area contributed by atoms with E-state index in [4.69, 9.17) is 5.73 Å². The summed E-state index contributed by atoms with van der Waals surface area (Å²) >= 11 is 1.83. The van der Waals surface area contributed by atoms with Crippen LogP contribution in [0.25, 0.3) is 0 Å². The fourth-order valence-corrected chi connectivity index (χ4v) is 4.46. The number of sulfonamides is 1. The molecule has 0 spiro atoms. The third kappa shape index (κ3) is 3.94. The Kier molecular flexibility index (Phi) is 5.38. The van der Waals surface area contributed by atoms with Crippen molar-refractivity contribution in [2.45, 2.75) is 25.3 Å². The molecule has 15 heavy (non-hydrogen) atoms. The zero-order valence-electron chi connectivity index (χ0n) is 9.18. The summed E-state index contributed by atoms with van der Waals surface area (Å²) in [6, 6.07) is 0.206. The first-order valence-electron chi connectivity index (χ1n) is 5.31. The summed E-state index contributed by atoms with van der Waals surface area (Å²) in [7, 11) is -1.35. The highest BCUT2D eigenvalue weighted by atomic mass is 32.2. The third-order valence-electron chi connectivity index (χ3n) is 2.72. The van der Waals surface area contributed by atoms with Gasteiger partial charge in [0.1, 0.15) is 0 Å². The summed E-state index contributed by atoms with van der Waals surface area (Å²) < 4.78 is 25.3. The minimum atomic E-state index is -3.05. The molecule has 0 radical (unpaired) electrons. The summed E-state index contributed by atoms with van der Waals surface area (Å²) in [5, 5.41) is 0. The predicted octanol–water partition coefficient (Wildman–Crippen LogP) is 0.492. The molecule has 0 saturated carbocycles. The Hall–Kier alpha value is 0.220. The fraction of sp³-hybridized carbons (Fsp3) is 1.00. The van der Waals surface area contributed by atoms with E-state index >= 15 is 0 Å². The molecule has 6 heteroatoms. The second-order valence-corrected chi connectivity index (χ2v) is 7.14. The molecule has 90 valence electrons. The van der Waals surface area contributed by atoms with E-state index in [1.54, 1.807) is 11.4 Å². The maximum absolute atomic E-state index is 11.9. The van der Waals surface area contributed by atoms with Gasteiger partial charge in [-0.05, 0) is 31.6 Å². The van der Waals surface area contributed by atoms with E-state index in [0.29, 0.717) is 13.0 Å². The maximum atomic E-state index is 11.9. The Morgan fingerprint density at radius 1 is 1.47 bits per heavy atom. The highest BCUT2D eigenvalue weighted by Crippen LogP contribution is 2.23. The van der Waals surface area contributed by atoms with Gasteiger partial charge in [0.2, 0.25) is 10.0 Å².